The van der Waals surface area contributed by atoms with Crippen LogP contribution in [0.1, 0.15) is 36.6 Å². The molecule has 0 fully saturated rings. The van der Waals surface area contributed by atoms with Crippen molar-refractivity contribution in [2.24, 2.45) is 0 Å². The molecule has 8 heteroatoms. The number of para-hydroxylation sites is 1. The van der Waals surface area contributed by atoms with Gasteiger partial charge in [0.05, 0.1) is 4.90 Å². The van der Waals surface area contributed by atoms with Crippen LogP contribution in [-0.2, 0) is 21.4 Å². The Morgan fingerprint density at radius 2 is 1.71 bits per heavy atom. The quantitative estimate of drug-likeness (QED) is 0.288. The lowest BCUT2D eigenvalue weighted by atomic mass is 9.97. The summed E-state index contributed by atoms with van der Waals surface area (Å²) in [7, 11) is -3.65. The number of nitrogens with one attached hydrogen (secondary N) is 1. The zero-order chi connectivity index (χ0) is 26.9. The Kier molecular flexibility index (Phi) is 7.43. The lowest BCUT2D eigenvalue weighted by molar-refractivity contribution is -0.115. The molecular weight excluding hydrogens is 518 g/mol. The predicted octanol–water partition coefficient (Wildman–Crippen LogP) is 6.48. The van der Waals surface area contributed by atoms with Crippen molar-refractivity contribution in [3.63, 3.8) is 0 Å². The van der Waals surface area contributed by atoms with Gasteiger partial charge in [-0.2, -0.15) is 4.31 Å². The van der Waals surface area contributed by atoms with Crippen molar-refractivity contribution in [3.05, 3.63) is 101 Å². The number of fused-ring (bicyclic) bond motifs is 1. The normalized spacial score (nSPS) is 14.4. The summed E-state index contributed by atoms with van der Waals surface area (Å²) in [5, 5.41) is 4.64. The van der Waals surface area contributed by atoms with E-state index in [-0.39, 0.29) is 10.8 Å². The van der Waals surface area contributed by atoms with Crippen molar-refractivity contribution in [3.8, 4) is 0 Å². The van der Waals surface area contributed by atoms with E-state index in [9.17, 15) is 13.2 Å². The van der Waals surface area contributed by atoms with E-state index < -0.39 is 10.0 Å². The molecular formula is C30H30ClN3O3S. The minimum Gasteiger partial charge on any atom is -0.340 e. The maximum absolute atomic E-state index is 13.3. The third kappa shape index (κ3) is 5.14. The van der Waals surface area contributed by atoms with Crippen molar-refractivity contribution in [2.45, 2.75) is 38.1 Å². The third-order valence-electron chi connectivity index (χ3n) is 7.07. The van der Waals surface area contributed by atoms with Crippen molar-refractivity contribution < 1.29 is 13.2 Å². The second-order valence-corrected chi connectivity index (χ2v) is 11.8. The number of halogens is 1. The number of sulfonamides is 1. The van der Waals surface area contributed by atoms with Crippen molar-refractivity contribution in [1.29, 1.82) is 0 Å². The molecule has 196 valence electrons. The van der Waals surface area contributed by atoms with Gasteiger partial charge in [0.2, 0.25) is 15.9 Å². The van der Waals surface area contributed by atoms with Gasteiger partial charge < -0.3 is 9.88 Å². The maximum Gasteiger partial charge on any atom is 0.243 e. The van der Waals surface area contributed by atoms with E-state index in [1.807, 2.05) is 42.5 Å². The van der Waals surface area contributed by atoms with Gasteiger partial charge in [0.15, 0.2) is 0 Å². The fraction of sp³-hybridized carbons (Fsp3) is 0.233. The Morgan fingerprint density at radius 1 is 1.00 bits per heavy atom. The summed E-state index contributed by atoms with van der Waals surface area (Å²) in [5.74, 6) is -0.112. The first-order valence-corrected chi connectivity index (χ1v) is 14.5. The average molecular weight is 548 g/mol. The highest BCUT2D eigenvalue weighted by Gasteiger charge is 2.28. The molecule has 4 aromatic rings. The summed E-state index contributed by atoms with van der Waals surface area (Å²) in [4.78, 5) is 11.8. The lowest BCUT2D eigenvalue weighted by Crippen LogP contribution is -2.34. The van der Waals surface area contributed by atoms with Crippen LogP contribution in [0.2, 0.25) is 5.02 Å². The molecule has 1 aromatic heterocycles. The number of carbonyl (C=O) groups is 1. The molecule has 5 rings (SSSR count). The number of hydrogen-bond acceptors (Lipinski definition) is 3. The van der Waals surface area contributed by atoms with Crippen LogP contribution in [0.15, 0.2) is 83.8 Å². The molecule has 0 radical (unpaired) electrons. The third-order valence-corrected chi connectivity index (χ3v) is 9.21. The molecule has 0 saturated heterocycles. The number of rotatable bonds is 7. The second-order valence-electron chi connectivity index (χ2n) is 9.46. The summed E-state index contributed by atoms with van der Waals surface area (Å²) in [5.41, 5.74) is 6.41. The molecule has 1 amide bonds. The van der Waals surface area contributed by atoms with Crippen LogP contribution < -0.4 is 5.32 Å². The number of hydrogen-bond donors (Lipinski definition) is 1. The highest BCUT2D eigenvalue weighted by molar-refractivity contribution is 7.89. The topological polar surface area (TPSA) is 71.4 Å². The molecule has 3 aromatic carbocycles. The van der Waals surface area contributed by atoms with Crippen LogP contribution in [-0.4, -0.2) is 36.3 Å². The van der Waals surface area contributed by atoms with Gasteiger partial charge in [-0.05, 0) is 66.9 Å². The van der Waals surface area contributed by atoms with Crippen LogP contribution in [0.25, 0.3) is 16.5 Å². The molecule has 1 aliphatic rings. The van der Waals surface area contributed by atoms with Gasteiger partial charge in [0, 0.05) is 58.9 Å². The van der Waals surface area contributed by atoms with Gasteiger partial charge in [-0.3, -0.25) is 4.79 Å². The van der Waals surface area contributed by atoms with Crippen molar-refractivity contribution >= 4 is 49.7 Å². The number of benzene rings is 3. The number of nitrogens with zero attached hydrogens (tertiary/aromatic N) is 2. The number of amides is 1. The van der Waals surface area contributed by atoms with E-state index in [2.05, 4.69) is 28.9 Å². The Bertz CT molecular complexity index is 1620. The summed E-state index contributed by atoms with van der Waals surface area (Å²) >= 11 is 6.08. The summed E-state index contributed by atoms with van der Waals surface area (Å²) < 4.78 is 30.5. The molecule has 0 unspecified atom stereocenters. The maximum atomic E-state index is 13.3. The standard InChI is InChI=1S/C30H30ClN3O3S/c1-3-29(35)32-25-12-14-26(15-13-25)38(36,37)33-18-16-23(17-19-33)30-21(2)34(28-7-5-4-6-27(28)30)20-22-8-10-24(31)11-9-22/h4-16H,3,17-20H2,1-2H3,(H,32,35). The highest BCUT2D eigenvalue weighted by Crippen LogP contribution is 2.36. The Labute approximate surface area is 228 Å². The molecule has 0 aliphatic carbocycles. The SMILES string of the molecule is CCC(=O)Nc1ccc(S(=O)(=O)N2CC=C(c3c(C)n(Cc4ccc(Cl)cc4)c4ccccc34)CC2)cc1. The van der Waals surface area contributed by atoms with E-state index in [4.69, 9.17) is 11.6 Å². The van der Waals surface area contributed by atoms with Gasteiger partial charge in [-0.1, -0.05) is 54.9 Å². The first kappa shape index (κ1) is 26.2. The first-order chi connectivity index (χ1) is 18.3. The molecule has 0 saturated carbocycles. The molecule has 1 N–H and O–H groups in total. The smallest absolute Gasteiger partial charge is 0.243 e. The zero-order valence-corrected chi connectivity index (χ0v) is 23.0. The zero-order valence-electron chi connectivity index (χ0n) is 21.4. The van der Waals surface area contributed by atoms with E-state index in [0.29, 0.717) is 31.6 Å². The molecule has 6 nitrogen and oxygen atoms in total. The molecule has 0 bridgehead atoms. The minimum absolute atomic E-state index is 0.112. The van der Waals surface area contributed by atoms with Crippen LogP contribution in [0, 0.1) is 6.92 Å². The van der Waals surface area contributed by atoms with Crippen LogP contribution in [0.4, 0.5) is 5.69 Å². The van der Waals surface area contributed by atoms with Crippen molar-refractivity contribution in [2.75, 3.05) is 18.4 Å². The van der Waals surface area contributed by atoms with Gasteiger partial charge in [-0.15, -0.1) is 0 Å². The highest BCUT2D eigenvalue weighted by atomic mass is 35.5. The predicted molar refractivity (Wildman–Crippen MR) is 154 cm³/mol. The monoisotopic (exact) mass is 547 g/mol. The molecule has 1 aliphatic heterocycles. The van der Waals surface area contributed by atoms with Crippen molar-refractivity contribution in [1.82, 2.24) is 8.87 Å². The van der Waals surface area contributed by atoms with Gasteiger partial charge in [0.1, 0.15) is 0 Å². The molecule has 2 heterocycles. The Morgan fingerprint density at radius 3 is 2.37 bits per heavy atom. The van der Waals surface area contributed by atoms with Crippen LogP contribution in [0.3, 0.4) is 0 Å². The van der Waals surface area contributed by atoms with E-state index in [0.717, 1.165) is 28.4 Å². The summed E-state index contributed by atoms with van der Waals surface area (Å²) in [6.45, 7) is 5.34. The number of carbonyl (C=O) groups excluding carboxylic acids is 1. The fourth-order valence-corrected chi connectivity index (χ4v) is 6.52. The fourth-order valence-electron chi connectivity index (χ4n) is 5.02. The first-order valence-electron chi connectivity index (χ1n) is 12.7. The summed E-state index contributed by atoms with van der Waals surface area (Å²) in [6, 6.07) is 22.6. The van der Waals surface area contributed by atoms with Gasteiger partial charge in [-0.25, -0.2) is 8.42 Å². The van der Waals surface area contributed by atoms with Gasteiger partial charge >= 0.3 is 0 Å². The van der Waals surface area contributed by atoms with E-state index >= 15 is 0 Å². The lowest BCUT2D eigenvalue weighted by Gasteiger charge is -2.26. The van der Waals surface area contributed by atoms with Gasteiger partial charge in [0.25, 0.3) is 0 Å². The molecule has 0 spiro atoms. The number of aromatic nitrogens is 1. The summed E-state index contributed by atoms with van der Waals surface area (Å²) in [6.07, 6.45) is 3.03. The molecule has 0 atom stereocenters. The minimum atomic E-state index is -3.65. The second kappa shape index (κ2) is 10.8. The van der Waals surface area contributed by atoms with E-state index in [1.165, 1.54) is 20.8 Å². The largest absolute Gasteiger partial charge is 0.340 e. The van der Waals surface area contributed by atoms with Crippen LogP contribution in [0.5, 0.6) is 0 Å². The average Bonchev–Trinajstić information content (AvgIpc) is 3.21. The Hall–Kier alpha value is -3.39. The number of anilines is 1. The Balaban J connectivity index is 1.40. The molecule has 38 heavy (non-hydrogen) atoms. The van der Waals surface area contributed by atoms with Crippen LogP contribution >= 0.6 is 11.6 Å². The van der Waals surface area contributed by atoms with E-state index in [1.54, 1.807) is 31.2 Å².